The van der Waals surface area contributed by atoms with Crippen LogP contribution < -0.4 is 0 Å². The minimum Gasteiger partial charge on any atom is -0.481 e. The number of ether oxygens (including phenoxy) is 1. The third kappa shape index (κ3) is 3.37. The molecule has 1 rings (SSSR count). The first-order chi connectivity index (χ1) is 8.13. The van der Waals surface area contributed by atoms with Crippen molar-refractivity contribution in [2.24, 2.45) is 5.92 Å². The van der Waals surface area contributed by atoms with Crippen LogP contribution in [0.5, 0.6) is 0 Å². The van der Waals surface area contributed by atoms with E-state index in [0.29, 0.717) is 12.8 Å². The molecule has 0 saturated carbocycles. The van der Waals surface area contributed by atoms with Crippen molar-refractivity contribution in [3.63, 3.8) is 0 Å². The van der Waals surface area contributed by atoms with E-state index in [0.717, 1.165) is 0 Å². The summed E-state index contributed by atoms with van der Waals surface area (Å²) < 4.78 is 5.34. The van der Waals surface area contributed by atoms with Gasteiger partial charge in [-0.05, 0) is 47.5 Å². The molecule has 1 aliphatic rings. The summed E-state index contributed by atoms with van der Waals surface area (Å²) in [5.41, 5.74) is -0.563. The zero-order valence-electron chi connectivity index (χ0n) is 11.8. The van der Waals surface area contributed by atoms with E-state index in [2.05, 4.69) is 0 Å². The molecule has 0 bridgehead atoms. The summed E-state index contributed by atoms with van der Waals surface area (Å²) in [6.07, 6.45) is 0.880. The lowest BCUT2D eigenvalue weighted by atomic mass is 9.87. The minimum atomic E-state index is -0.844. The Balaban J connectivity index is 2.83. The van der Waals surface area contributed by atoms with Crippen LogP contribution in [0.3, 0.4) is 0 Å². The molecule has 1 heterocycles. The summed E-state index contributed by atoms with van der Waals surface area (Å²) in [4.78, 5) is 24.8. The minimum absolute atomic E-state index is 0.0189. The molecular weight excluding hydrogens is 234 g/mol. The fourth-order valence-corrected chi connectivity index (χ4v) is 2.39. The molecule has 1 saturated heterocycles. The number of amides is 1. The van der Waals surface area contributed by atoms with Crippen LogP contribution in [-0.4, -0.2) is 39.8 Å². The van der Waals surface area contributed by atoms with E-state index in [1.54, 1.807) is 32.6 Å². The van der Waals surface area contributed by atoms with E-state index in [-0.39, 0.29) is 12.1 Å². The number of likely N-dealkylation sites (tertiary alicyclic amines) is 1. The molecule has 5 heteroatoms. The van der Waals surface area contributed by atoms with Crippen molar-refractivity contribution in [3.05, 3.63) is 0 Å². The molecule has 18 heavy (non-hydrogen) atoms. The highest BCUT2D eigenvalue weighted by atomic mass is 16.6. The maximum absolute atomic E-state index is 12.1. The van der Waals surface area contributed by atoms with Crippen LogP contribution in [0.2, 0.25) is 0 Å². The van der Waals surface area contributed by atoms with Gasteiger partial charge in [0, 0.05) is 12.1 Å². The number of carbonyl (C=O) groups is 2. The number of rotatable bonds is 1. The Bertz CT molecular complexity index is 334. The molecule has 0 aromatic rings. The Hall–Kier alpha value is -1.26. The van der Waals surface area contributed by atoms with Gasteiger partial charge in [-0.15, -0.1) is 0 Å². The van der Waals surface area contributed by atoms with Crippen LogP contribution in [0.4, 0.5) is 4.79 Å². The lowest BCUT2D eigenvalue weighted by molar-refractivity contribution is -0.146. The molecule has 0 aliphatic carbocycles. The number of piperidine rings is 1. The second kappa shape index (κ2) is 5.16. The molecule has 3 unspecified atom stereocenters. The third-order valence-electron chi connectivity index (χ3n) is 3.31. The number of hydrogen-bond acceptors (Lipinski definition) is 3. The van der Waals surface area contributed by atoms with Gasteiger partial charge in [0.15, 0.2) is 0 Å². The van der Waals surface area contributed by atoms with Gasteiger partial charge in [0.1, 0.15) is 5.60 Å². The van der Waals surface area contributed by atoms with Crippen molar-refractivity contribution >= 4 is 12.1 Å². The smallest absolute Gasteiger partial charge is 0.410 e. The number of carboxylic acid groups (broad SMARTS) is 1. The van der Waals surface area contributed by atoms with Gasteiger partial charge in [0.05, 0.1) is 5.92 Å². The second-order valence-corrected chi connectivity index (χ2v) is 6.00. The summed E-state index contributed by atoms with van der Waals surface area (Å²) in [6.45, 7) is 9.12. The average molecular weight is 257 g/mol. The highest BCUT2D eigenvalue weighted by molar-refractivity contribution is 5.74. The van der Waals surface area contributed by atoms with E-state index in [1.807, 2.05) is 6.92 Å². The molecule has 1 N–H and O–H groups in total. The van der Waals surface area contributed by atoms with Crippen LogP contribution in [-0.2, 0) is 9.53 Å². The molecular formula is C13H23NO4. The fourth-order valence-electron chi connectivity index (χ4n) is 2.39. The van der Waals surface area contributed by atoms with E-state index in [4.69, 9.17) is 9.84 Å². The second-order valence-electron chi connectivity index (χ2n) is 6.00. The largest absolute Gasteiger partial charge is 0.481 e. The molecule has 5 nitrogen and oxygen atoms in total. The Morgan fingerprint density at radius 2 is 1.78 bits per heavy atom. The van der Waals surface area contributed by atoms with Crippen LogP contribution >= 0.6 is 0 Å². The van der Waals surface area contributed by atoms with Crippen LogP contribution in [0.1, 0.15) is 47.5 Å². The summed E-state index contributed by atoms with van der Waals surface area (Å²) in [5, 5.41) is 9.15. The third-order valence-corrected chi connectivity index (χ3v) is 3.31. The number of carbonyl (C=O) groups excluding carboxylic acids is 1. The lowest BCUT2D eigenvalue weighted by Gasteiger charge is -2.42. The topological polar surface area (TPSA) is 66.8 Å². The summed E-state index contributed by atoms with van der Waals surface area (Å²) >= 11 is 0. The predicted octanol–water partition coefficient (Wildman–Crippen LogP) is 2.50. The average Bonchev–Trinajstić information content (AvgIpc) is 2.13. The molecule has 0 aromatic heterocycles. The zero-order valence-corrected chi connectivity index (χ0v) is 11.8. The Labute approximate surface area is 108 Å². The number of aliphatic carboxylic acids is 1. The quantitative estimate of drug-likeness (QED) is 0.783. The molecule has 1 amide bonds. The molecule has 0 spiro atoms. The molecule has 3 atom stereocenters. The molecule has 104 valence electrons. The summed E-state index contributed by atoms with van der Waals surface area (Å²) in [6, 6.07) is -0.313. The van der Waals surface area contributed by atoms with Gasteiger partial charge in [0.2, 0.25) is 0 Å². The molecule has 0 aromatic carbocycles. The molecule has 1 fully saturated rings. The van der Waals surface area contributed by atoms with Gasteiger partial charge < -0.3 is 14.7 Å². The van der Waals surface area contributed by atoms with Crippen molar-refractivity contribution < 1.29 is 19.4 Å². The van der Waals surface area contributed by atoms with Gasteiger partial charge in [0.25, 0.3) is 0 Å². The molecule has 0 radical (unpaired) electrons. The first-order valence-electron chi connectivity index (χ1n) is 6.37. The summed E-state index contributed by atoms with van der Waals surface area (Å²) in [7, 11) is 0. The predicted molar refractivity (Wildman–Crippen MR) is 67.4 cm³/mol. The van der Waals surface area contributed by atoms with Crippen molar-refractivity contribution in [2.75, 3.05) is 0 Å². The van der Waals surface area contributed by atoms with Crippen molar-refractivity contribution in [2.45, 2.75) is 65.1 Å². The highest BCUT2D eigenvalue weighted by Crippen LogP contribution is 2.29. The van der Waals surface area contributed by atoms with Gasteiger partial charge in [-0.3, -0.25) is 4.79 Å². The van der Waals surface area contributed by atoms with Gasteiger partial charge >= 0.3 is 12.1 Å². The maximum Gasteiger partial charge on any atom is 0.410 e. The number of carboxylic acids is 1. The lowest BCUT2D eigenvalue weighted by Crippen LogP contribution is -2.54. The van der Waals surface area contributed by atoms with Crippen LogP contribution in [0.15, 0.2) is 0 Å². The van der Waals surface area contributed by atoms with E-state index in [1.165, 1.54) is 0 Å². The monoisotopic (exact) mass is 257 g/mol. The van der Waals surface area contributed by atoms with Crippen molar-refractivity contribution in [1.29, 1.82) is 0 Å². The maximum atomic E-state index is 12.1. The Kier molecular flexibility index (Phi) is 4.24. The van der Waals surface area contributed by atoms with Gasteiger partial charge in [-0.25, -0.2) is 4.79 Å². The first kappa shape index (κ1) is 14.8. The van der Waals surface area contributed by atoms with E-state index in [9.17, 15) is 9.59 Å². The number of nitrogens with zero attached hydrogens (tertiary/aromatic N) is 1. The van der Waals surface area contributed by atoms with E-state index >= 15 is 0 Å². The summed E-state index contributed by atoms with van der Waals surface area (Å²) in [5.74, 6) is -1.35. The standard InChI is InChI=1S/C13H23NO4/c1-8-6-7-10(11(15)16)9(2)14(8)12(17)18-13(3,4)5/h8-10H,6-7H2,1-5H3,(H,15,16). The zero-order chi connectivity index (χ0) is 14.1. The number of hydrogen-bond donors (Lipinski definition) is 1. The van der Waals surface area contributed by atoms with E-state index < -0.39 is 23.6 Å². The fraction of sp³-hybridized carbons (Fsp3) is 0.846. The Morgan fingerprint density at radius 1 is 1.22 bits per heavy atom. The van der Waals surface area contributed by atoms with Gasteiger partial charge in [-0.2, -0.15) is 0 Å². The van der Waals surface area contributed by atoms with Crippen LogP contribution in [0.25, 0.3) is 0 Å². The van der Waals surface area contributed by atoms with Crippen molar-refractivity contribution in [1.82, 2.24) is 4.90 Å². The first-order valence-corrected chi connectivity index (χ1v) is 6.37. The Morgan fingerprint density at radius 3 is 2.22 bits per heavy atom. The van der Waals surface area contributed by atoms with Gasteiger partial charge in [-0.1, -0.05) is 0 Å². The molecule has 1 aliphatic heterocycles. The SMILES string of the molecule is CC1CCC(C(=O)O)C(C)N1C(=O)OC(C)(C)C. The normalized spacial score (nSPS) is 28.9. The highest BCUT2D eigenvalue weighted by Gasteiger charge is 2.40. The van der Waals surface area contributed by atoms with Crippen molar-refractivity contribution in [3.8, 4) is 0 Å². The van der Waals surface area contributed by atoms with Crippen LogP contribution in [0, 0.1) is 5.92 Å².